The van der Waals surface area contributed by atoms with E-state index in [0.717, 1.165) is 11.2 Å². The summed E-state index contributed by atoms with van der Waals surface area (Å²) in [5.41, 5.74) is 2.24. The van der Waals surface area contributed by atoms with Crippen LogP contribution in [0.25, 0.3) is 10.9 Å². The topological polar surface area (TPSA) is 24.9 Å². The van der Waals surface area contributed by atoms with Gasteiger partial charge in [0.15, 0.2) is 0 Å². The summed E-state index contributed by atoms with van der Waals surface area (Å²) in [6.45, 7) is 4.50. The van der Waals surface area contributed by atoms with Gasteiger partial charge in [0.2, 0.25) is 0 Å². The molecular formula is C16H22N2. The molecule has 0 bridgehead atoms. The van der Waals surface area contributed by atoms with Gasteiger partial charge in [-0.15, -0.1) is 0 Å². The molecule has 18 heavy (non-hydrogen) atoms. The largest absolute Gasteiger partial charge is 0.311 e. The van der Waals surface area contributed by atoms with Gasteiger partial charge in [0, 0.05) is 5.39 Å². The molecule has 0 spiro atoms. The number of nitrogens with zero attached hydrogens (tertiary/aromatic N) is 1. The molecule has 1 aromatic heterocycles. The molecule has 2 aromatic rings. The Hall–Kier alpha value is -1.41. The van der Waals surface area contributed by atoms with E-state index >= 15 is 0 Å². The Balaban J connectivity index is 2.39. The molecule has 0 fully saturated rings. The molecule has 1 aromatic carbocycles. The highest BCUT2D eigenvalue weighted by Gasteiger charge is 2.19. The van der Waals surface area contributed by atoms with Gasteiger partial charge < -0.3 is 5.32 Å². The number of rotatable bonds is 5. The van der Waals surface area contributed by atoms with Gasteiger partial charge in [-0.1, -0.05) is 51.0 Å². The lowest BCUT2D eigenvalue weighted by atomic mass is 9.91. The SMILES string of the molecule is CCC(CC)C(NC)c1ccc2ccccc2n1. The van der Waals surface area contributed by atoms with Crippen LogP contribution in [0.4, 0.5) is 0 Å². The van der Waals surface area contributed by atoms with Crippen LogP contribution >= 0.6 is 0 Å². The zero-order valence-electron chi connectivity index (χ0n) is 11.5. The third-order valence-corrected chi connectivity index (χ3v) is 3.77. The van der Waals surface area contributed by atoms with Gasteiger partial charge in [-0.25, -0.2) is 0 Å². The van der Waals surface area contributed by atoms with E-state index in [1.807, 2.05) is 13.1 Å². The fourth-order valence-electron chi connectivity index (χ4n) is 2.64. The molecule has 0 saturated heterocycles. The van der Waals surface area contributed by atoms with Crippen LogP contribution in [0, 0.1) is 5.92 Å². The van der Waals surface area contributed by atoms with Gasteiger partial charge in [-0.3, -0.25) is 4.98 Å². The first-order chi connectivity index (χ1) is 8.80. The van der Waals surface area contributed by atoms with Crippen LogP contribution in [-0.4, -0.2) is 12.0 Å². The van der Waals surface area contributed by atoms with Gasteiger partial charge >= 0.3 is 0 Å². The summed E-state index contributed by atoms with van der Waals surface area (Å²) in [7, 11) is 2.03. The van der Waals surface area contributed by atoms with Crippen LogP contribution in [0.5, 0.6) is 0 Å². The first kappa shape index (κ1) is 13.0. The zero-order valence-corrected chi connectivity index (χ0v) is 11.5. The molecule has 2 rings (SSSR count). The van der Waals surface area contributed by atoms with E-state index in [2.05, 4.69) is 49.5 Å². The van der Waals surface area contributed by atoms with Gasteiger partial charge in [0.1, 0.15) is 0 Å². The second-order valence-corrected chi connectivity index (χ2v) is 4.77. The van der Waals surface area contributed by atoms with Gasteiger partial charge in [-0.05, 0) is 25.1 Å². The third kappa shape index (κ3) is 2.54. The van der Waals surface area contributed by atoms with E-state index in [1.54, 1.807) is 0 Å². The van der Waals surface area contributed by atoms with Crippen LogP contribution in [0.1, 0.15) is 38.4 Å². The predicted molar refractivity (Wildman–Crippen MR) is 77.6 cm³/mol. The van der Waals surface area contributed by atoms with E-state index in [9.17, 15) is 0 Å². The van der Waals surface area contributed by atoms with Gasteiger partial charge in [0.05, 0.1) is 17.3 Å². The van der Waals surface area contributed by atoms with Crippen molar-refractivity contribution in [2.75, 3.05) is 7.05 Å². The second kappa shape index (κ2) is 5.96. The smallest absolute Gasteiger partial charge is 0.0706 e. The molecule has 2 nitrogen and oxygen atoms in total. The molecule has 0 amide bonds. The summed E-state index contributed by atoms with van der Waals surface area (Å²) >= 11 is 0. The summed E-state index contributed by atoms with van der Waals surface area (Å²) in [4.78, 5) is 4.80. The minimum absolute atomic E-state index is 0.351. The Morgan fingerprint density at radius 2 is 1.78 bits per heavy atom. The molecule has 2 heteroatoms. The average Bonchev–Trinajstić information content (AvgIpc) is 2.44. The highest BCUT2D eigenvalue weighted by molar-refractivity contribution is 5.78. The van der Waals surface area contributed by atoms with Crippen LogP contribution < -0.4 is 5.32 Å². The van der Waals surface area contributed by atoms with E-state index in [0.29, 0.717) is 12.0 Å². The van der Waals surface area contributed by atoms with Crippen LogP contribution in [0.15, 0.2) is 36.4 Å². The Bertz CT molecular complexity index is 503. The summed E-state index contributed by atoms with van der Waals surface area (Å²) in [5.74, 6) is 0.642. The standard InChI is InChI=1S/C16H22N2/c1-4-12(5-2)16(17-3)15-11-10-13-8-6-7-9-14(13)18-15/h6-12,16-17H,4-5H2,1-3H3. The van der Waals surface area contributed by atoms with Crippen molar-refractivity contribution in [1.82, 2.24) is 10.3 Å². The maximum absolute atomic E-state index is 4.80. The Morgan fingerprint density at radius 1 is 1.06 bits per heavy atom. The maximum atomic E-state index is 4.80. The molecule has 1 unspecified atom stereocenters. The van der Waals surface area contributed by atoms with Crippen LogP contribution in [-0.2, 0) is 0 Å². The van der Waals surface area contributed by atoms with Crippen molar-refractivity contribution >= 4 is 10.9 Å². The highest BCUT2D eigenvalue weighted by atomic mass is 14.9. The molecule has 0 aliphatic heterocycles. The van der Waals surface area contributed by atoms with Crippen molar-refractivity contribution in [2.45, 2.75) is 32.7 Å². The highest BCUT2D eigenvalue weighted by Crippen LogP contribution is 2.27. The monoisotopic (exact) mass is 242 g/mol. The lowest BCUT2D eigenvalue weighted by molar-refractivity contribution is 0.354. The minimum Gasteiger partial charge on any atom is -0.311 e. The second-order valence-electron chi connectivity index (χ2n) is 4.77. The minimum atomic E-state index is 0.351. The third-order valence-electron chi connectivity index (χ3n) is 3.77. The fourth-order valence-corrected chi connectivity index (χ4v) is 2.64. The molecule has 1 N–H and O–H groups in total. The lowest BCUT2D eigenvalue weighted by Gasteiger charge is -2.24. The number of hydrogen-bond acceptors (Lipinski definition) is 2. The number of para-hydroxylation sites is 1. The summed E-state index contributed by atoms with van der Waals surface area (Å²) in [6, 6.07) is 13.0. The maximum Gasteiger partial charge on any atom is 0.0706 e. The number of nitrogens with one attached hydrogen (secondary N) is 1. The fraction of sp³-hybridized carbons (Fsp3) is 0.438. The van der Waals surface area contributed by atoms with Gasteiger partial charge in [-0.2, -0.15) is 0 Å². The van der Waals surface area contributed by atoms with E-state index in [1.165, 1.54) is 18.2 Å². The number of benzene rings is 1. The van der Waals surface area contributed by atoms with Crippen LogP contribution in [0.3, 0.4) is 0 Å². The Labute approximate surface area is 109 Å². The molecular weight excluding hydrogens is 220 g/mol. The number of fused-ring (bicyclic) bond motifs is 1. The average molecular weight is 242 g/mol. The molecule has 96 valence electrons. The quantitative estimate of drug-likeness (QED) is 0.859. The molecule has 0 radical (unpaired) electrons. The van der Waals surface area contributed by atoms with Crippen molar-refractivity contribution in [2.24, 2.45) is 5.92 Å². The Kier molecular flexibility index (Phi) is 4.32. The van der Waals surface area contributed by atoms with Crippen molar-refractivity contribution in [3.8, 4) is 0 Å². The molecule has 0 aliphatic rings. The van der Waals surface area contributed by atoms with E-state index < -0.39 is 0 Å². The summed E-state index contributed by atoms with van der Waals surface area (Å²) in [5, 5.41) is 4.63. The first-order valence-electron chi connectivity index (χ1n) is 6.83. The lowest BCUT2D eigenvalue weighted by Crippen LogP contribution is -2.25. The number of hydrogen-bond donors (Lipinski definition) is 1. The van der Waals surface area contributed by atoms with Crippen molar-refractivity contribution in [3.63, 3.8) is 0 Å². The van der Waals surface area contributed by atoms with E-state index in [-0.39, 0.29) is 0 Å². The van der Waals surface area contributed by atoms with Crippen molar-refractivity contribution in [3.05, 3.63) is 42.1 Å². The van der Waals surface area contributed by atoms with Crippen molar-refractivity contribution in [1.29, 1.82) is 0 Å². The molecule has 0 aliphatic carbocycles. The predicted octanol–water partition coefficient (Wildman–Crippen LogP) is 3.93. The summed E-state index contributed by atoms with van der Waals surface area (Å²) in [6.07, 6.45) is 2.35. The number of pyridine rings is 1. The zero-order chi connectivity index (χ0) is 13.0. The number of aromatic nitrogens is 1. The molecule has 1 heterocycles. The molecule has 0 saturated carbocycles. The Morgan fingerprint density at radius 3 is 2.44 bits per heavy atom. The van der Waals surface area contributed by atoms with Crippen molar-refractivity contribution < 1.29 is 0 Å². The van der Waals surface area contributed by atoms with Gasteiger partial charge in [0.25, 0.3) is 0 Å². The molecule has 1 atom stereocenters. The van der Waals surface area contributed by atoms with E-state index in [4.69, 9.17) is 4.98 Å². The summed E-state index contributed by atoms with van der Waals surface area (Å²) < 4.78 is 0. The van der Waals surface area contributed by atoms with Crippen LogP contribution in [0.2, 0.25) is 0 Å². The normalized spacial score (nSPS) is 13.1. The first-order valence-corrected chi connectivity index (χ1v) is 6.83.